The summed E-state index contributed by atoms with van der Waals surface area (Å²) in [7, 11) is 0. The first-order valence-corrected chi connectivity index (χ1v) is 7.57. The van der Waals surface area contributed by atoms with Crippen LogP contribution in [0.1, 0.15) is 31.4 Å². The Morgan fingerprint density at radius 1 is 1.33 bits per heavy atom. The molecule has 2 heterocycles. The smallest absolute Gasteiger partial charge is 0.0918 e. The van der Waals surface area contributed by atoms with Gasteiger partial charge in [0.2, 0.25) is 0 Å². The summed E-state index contributed by atoms with van der Waals surface area (Å²) in [5.41, 5.74) is 7.42. The van der Waals surface area contributed by atoms with Crippen molar-refractivity contribution in [3.8, 4) is 0 Å². The van der Waals surface area contributed by atoms with Gasteiger partial charge in [-0.3, -0.25) is 4.98 Å². The molecule has 0 aliphatic carbocycles. The highest BCUT2D eigenvalue weighted by Crippen LogP contribution is 2.38. The highest BCUT2D eigenvalue weighted by atomic mass is 16.5. The molecule has 2 N–H and O–H groups in total. The standard InChI is InChI=1S/C17H22N2O2/c1-2-21-17(7-10-20-11-8-17)16(18)14-5-3-4-13-6-9-19-12-15(13)14/h3-6,9,12,16H,2,7-8,10-11,18H2,1H3. The number of ether oxygens (including phenoxy) is 2. The molecule has 1 unspecified atom stereocenters. The van der Waals surface area contributed by atoms with Gasteiger partial charge in [0.15, 0.2) is 0 Å². The molecule has 0 amide bonds. The van der Waals surface area contributed by atoms with Gasteiger partial charge in [-0.15, -0.1) is 0 Å². The molecule has 1 aromatic heterocycles. The maximum absolute atomic E-state index is 6.65. The van der Waals surface area contributed by atoms with Crippen LogP contribution in [-0.4, -0.2) is 30.4 Å². The van der Waals surface area contributed by atoms with Crippen LogP contribution >= 0.6 is 0 Å². The highest BCUT2D eigenvalue weighted by molar-refractivity contribution is 5.85. The molecule has 0 saturated carbocycles. The summed E-state index contributed by atoms with van der Waals surface area (Å²) < 4.78 is 11.6. The molecule has 2 aromatic rings. The van der Waals surface area contributed by atoms with Gasteiger partial charge in [0, 0.05) is 50.4 Å². The van der Waals surface area contributed by atoms with Crippen molar-refractivity contribution >= 4 is 10.8 Å². The van der Waals surface area contributed by atoms with Crippen LogP contribution in [0.5, 0.6) is 0 Å². The van der Waals surface area contributed by atoms with Crippen molar-refractivity contribution in [3.05, 3.63) is 42.2 Å². The van der Waals surface area contributed by atoms with E-state index in [1.54, 1.807) is 0 Å². The van der Waals surface area contributed by atoms with Crippen LogP contribution in [0.4, 0.5) is 0 Å². The summed E-state index contributed by atoms with van der Waals surface area (Å²) in [6.45, 7) is 4.10. The Morgan fingerprint density at radius 3 is 2.90 bits per heavy atom. The average Bonchev–Trinajstić information content (AvgIpc) is 2.55. The van der Waals surface area contributed by atoms with Crippen LogP contribution in [0.15, 0.2) is 36.7 Å². The second-order valence-corrected chi connectivity index (χ2v) is 5.53. The third kappa shape index (κ3) is 2.67. The minimum absolute atomic E-state index is 0.172. The second-order valence-electron chi connectivity index (χ2n) is 5.53. The Balaban J connectivity index is 2.03. The average molecular weight is 286 g/mol. The van der Waals surface area contributed by atoms with Crippen LogP contribution in [0.2, 0.25) is 0 Å². The van der Waals surface area contributed by atoms with Gasteiger partial charge in [0.1, 0.15) is 0 Å². The fourth-order valence-electron chi connectivity index (χ4n) is 3.24. The number of rotatable bonds is 4. The van der Waals surface area contributed by atoms with E-state index < -0.39 is 0 Å². The lowest BCUT2D eigenvalue weighted by Gasteiger charge is -2.41. The molecule has 21 heavy (non-hydrogen) atoms. The van der Waals surface area contributed by atoms with Crippen LogP contribution in [0.25, 0.3) is 10.8 Å². The van der Waals surface area contributed by atoms with Crippen molar-refractivity contribution in [1.82, 2.24) is 4.98 Å². The van der Waals surface area contributed by atoms with E-state index in [9.17, 15) is 0 Å². The molecular weight excluding hydrogens is 264 g/mol. The first-order chi connectivity index (χ1) is 10.3. The molecule has 0 spiro atoms. The van der Waals surface area contributed by atoms with Gasteiger partial charge in [-0.2, -0.15) is 0 Å². The van der Waals surface area contributed by atoms with E-state index >= 15 is 0 Å². The Labute approximate surface area is 125 Å². The first-order valence-electron chi connectivity index (χ1n) is 7.57. The Hall–Kier alpha value is -1.49. The maximum Gasteiger partial charge on any atom is 0.0918 e. The third-order valence-electron chi connectivity index (χ3n) is 4.39. The number of nitrogens with zero attached hydrogens (tertiary/aromatic N) is 1. The number of hydrogen-bond acceptors (Lipinski definition) is 4. The summed E-state index contributed by atoms with van der Waals surface area (Å²) in [5, 5.41) is 2.27. The number of fused-ring (bicyclic) bond motifs is 1. The number of aromatic nitrogens is 1. The van der Waals surface area contributed by atoms with Crippen LogP contribution in [0, 0.1) is 0 Å². The summed E-state index contributed by atoms with van der Waals surface area (Å²) in [5.74, 6) is 0. The Bertz CT molecular complexity index is 598. The van der Waals surface area contributed by atoms with Crippen molar-refractivity contribution in [2.75, 3.05) is 19.8 Å². The topological polar surface area (TPSA) is 57.4 Å². The van der Waals surface area contributed by atoms with E-state index in [0.29, 0.717) is 19.8 Å². The Morgan fingerprint density at radius 2 is 2.14 bits per heavy atom. The number of nitrogens with two attached hydrogens (primary N) is 1. The summed E-state index contributed by atoms with van der Waals surface area (Å²) in [4.78, 5) is 4.25. The molecule has 0 bridgehead atoms. The van der Waals surface area contributed by atoms with Gasteiger partial charge in [-0.05, 0) is 23.9 Å². The molecule has 1 atom stereocenters. The molecule has 1 saturated heterocycles. The quantitative estimate of drug-likeness (QED) is 0.939. The lowest BCUT2D eigenvalue weighted by Crippen LogP contribution is -2.48. The van der Waals surface area contributed by atoms with E-state index in [2.05, 4.69) is 23.2 Å². The van der Waals surface area contributed by atoms with Gasteiger partial charge in [-0.1, -0.05) is 18.2 Å². The van der Waals surface area contributed by atoms with Crippen molar-refractivity contribution in [2.45, 2.75) is 31.4 Å². The van der Waals surface area contributed by atoms with E-state index in [-0.39, 0.29) is 11.6 Å². The normalized spacial score (nSPS) is 19.5. The van der Waals surface area contributed by atoms with E-state index in [1.807, 2.05) is 25.4 Å². The Kier molecular flexibility index (Phi) is 4.19. The van der Waals surface area contributed by atoms with Crippen LogP contribution in [0.3, 0.4) is 0 Å². The number of benzene rings is 1. The predicted molar refractivity (Wildman–Crippen MR) is 83.1 cm³/mol. The zero-order chi connectivity index (χ0) is 14.7. The van der Waals surface area contributed by atoms with Gasteiger partial charge in [0.25, 0.3) is 0 Å². The predicted octanol–water partition coefficient (Wildman–Crippen LogP) is 2.82. The third-order valence-corrected chi connectivity index (χ3v) is 4.39. The minimum atomic E-state index is -0.336. The molecule has 4 heteroatoms. The molecule has 1 aliphatic heterocycles. The number of pyridine rings is 1. The fourth-order valence-corrected chi connectivity index (χ4v) is 3.24. The zero-order valence-electron chi connectivity index (χ0n) is 12.4. The van der Waals surface area contributed by atoms with Crippen molar-refractivity contribution in [1.29, 1.82) is 0 Å². The molecule has 112 valence electrons. The molecule has 1 aliphatic rings. The van der Waals surface area contributed by atoms with Gasteiger partial charge < -0.3 is 15.2 Å². The zero-order valence-corrected chi connectivity index (χ0v) is 12.4. The molecule has 1 fully saturated rings. The van der Waals surface area contributed by atoms with Gasteiger partial charge in [0.05, 0.1) is 11.6 Å². The monoisotopic (exact) mass is 286 g/mol. The van der Waals surface area contributed by atoms with E-state index in [0.717, 1.165) is 29.2 Å². The molecule has 3 rings (SSSR count). The molecule has 4 nitrogen and oxygen atoms in total. The summed E-state index contributed by atoms with van der Waals surface area (Å²) in [6.07, 6.45) is 5.37. The SMILES string of the molecule is CCOC1(C(N)c2cccc3ccncc23)CCOCC1. The van der Waals surface area contributed by atoms with E-state index in [1.165, 1.54) is 0 Å². The second kappa shape index (κ2) is 6.10. The molecule has 1 aromatic carbocycles. The molecule has 0 radical (unpaired) electrons. The van der Waals surface area contributed by atoms with Crippen molar-refractivity contribution in [3.63, 3.8) is 0 Å². The lowest BCUT2D eigenvalue weighted by atomic mass is 9.81. The lowest BCUT2D eigenvalue weighted by molar-refractivity contribution is -0.121. The van der Waals surface area contributed by atoms with Gasteiger partial charge >= 0.3 is 0 Å². The van der Waals surface area contributed by atoms with E-state index in [4.69, 9.17) is 15.2 Å². The number of hydrogen-bond donors (Lipinski definition) is 1. The molecular formula is C17H22N2O2. The maximum atomic E-state index is 6.65. The minimum Gasteiger partial charge on any atom is -0.381 e. The highest BCUT2D eigenvalue weighted by Gasteiger charge is 2.40. The van der Waals surface area contributed by atoms with Crippen LogP contribution < -0.4 is 5.73 Å². The van der Waals surface area contributed by atoms with Crippen molar-refractivity contribution < 1.29 is 9.47 Å². The van der Waals surface area contributed by atoms with Crippen molar-refractivity contribution in [2.24, 2.45) is 5.73 Å². The van der Waals surface area contributed by atoms with Crippen LogP contribution in [-0.2, 0) is 9.47 Å². The summed E-state index contributed by atoms with van der Waals surface area (Å²) in [6, 6.07) is 8.07. The van der Waals surface area contributed by atoms with Gasteiger partial charge in [-0.25, -0.2) is 0 Å². The fraction of sp³-hybridized carbons (Fsp3) is 0.471. The first kappa shape index (κ1) is 14.4. The summed E-state index contributed by atoms with van der Waals surface area (Å²) >= 11 is 0. The largest absolute Gasteiger partial charge is 0.381 e.